The molecule has 3 aromatic rings. The lowest BCUT2D eigenvalue weighted by molar-refractivity contribution is -0.123. The summed E-state index contributed by atoms with van der Waals surface area (Å²) in [7, 11) is 0. The fraction of sp³-hybridized carbons (Fsp3) is 0.136. The number of benzene rings is 2. The summed E-state index contributed by atoms with van der Waals surface area (Å²) in [4.78, 5) is 39.0. The van der Waals surface area contributed by atoms with E-state index in [1.54, 1.807) is 36.4 Å². The zero-order valence-electron chi connectivity index (χ0n) is 15.9. The van der Waals surface area contributed by atoms with E-state index in [1.807, 2.05) is 35.7 Å². The van der Waals surface area contributed by atoms with Crippen LogP contribution in [0.4, 0.5) is 10.5 Å². The summed E-state index contributed by atoms with van der Waals surface area (Å²) >= 11 is 1.34. The molecule has 30 heavy (non-hydrogen) atoms. The minimum Gasteiger partial charge on any atom is -0.438 e. The van der Waals surface area contributed by atoms with Gasteiger partial charge in [0.2, 0.25) is 5.91 Å². The third kappa shape index (κ3) is 4.04. The van der Waals surface area contributed by atoms with Crippen molar-refractivity contribution in [1.29, 1.82) is 0 Å². The Morgan fingerprint density at radius 1 is 1.07 bits per heavy atom. The van der Waals surface area contributed by atoms with Crippen molar-refractivity contribution in [3.63, 3.8) is 0 Å². The molecule has 0 saturated carbocycles. The van der Waals surface area contributed by atoms with Crippen molar-refractivity contribution in [2.24, 2.45) is 5.73 Å². The van der Waals surface area contributed by atoms with E-state index in [9.17, 15) is 14.4 Å². The number of nitrogens with one attached hydrogen (secondary N) is 1. The van der Waals surface area contributed by atoms with E-state index in [-0.39, 0.29) is 12.5 Å². The molecule has 3 N–H and O–H groups in total. The molecular weight excluding hydrogens is 402 g/mol. The molecule has 2 aromatic carbocycles. The zero-order valence-corrected chi connectivity index (χ0v) is 16.7. The van der Waals surface area contributed by atoms with Crippen LogP contribution in [-0.2, 0) is 16.1 Å². The number of primary amides is 1. The highest BCUT2D eigenvalue weighted by atomic mass is 32.1. The van der Waals surface area contributed by atoms with Crippen molar-refractivity contribution in [1.82, 2.24) is 4.90 Å². The molecule has 3 amide bonds. The van der Waals surface area contributed by atoms with Gasteiger partial charge in [-0.05, 0) is 34.7 Å². The number of anilines is 1. The van der Waals surface area contributed by atoms with Gasteiger partial charge in [-0.3, -0.25) is 14.5 Å². The fourth-order valence-corrected chi connectivity index (χ4v) is 4.03. The van der Waals surface area contributed by atoms with Crippen molar-refractivity contribution < 1.29 is 19.1 Å². The predicted molar refractivity (Wildman–Crippen MR) is 113 cm³/mol. The van der Waals surface area contributed by atoms with Gasteiger partial charge in [0.05, 0.1) is 11.4 Å². The summed E-state index contributed by atoms with van der Waals surface area (Å²) in [5.41, 5.74) is 7.60. The number of rotatable bonds is 6. The maximum atomic E-state index is 12.5. The number of ether oxygens (including phenoxy) is 1. The van der Waals surface area contributed by atoms with Gasteiger partial charge in [0.1, 0.15) is 0 Å². The molecule has 0 spiro atoms. The number of nitrogens with zero attached hydrogens (tertiary/aromatic N) is 1. The lowest BCUT2D eigenvalue weighted by Gasteiger charge is -2.22. The van der Waals surface area contributed by atoms with E-state index < -0.39 is 24.1 Å². The minimum absolute atomic E-state index is 0.207. The molecule has 0 aliphatic carbocycles. The molecule has 152 valence electrons. The van der Waals surface area contributed by atoms with Gasteiger partial charge in [0, 0.05) is 5.69 Å². The van der Waals surface area contributed by atoms with Crippen LogP contribution in [0.5, 0.6) is 0 Å². The van der Waals surface area contributed by atoms with E-state index in [2.05, 4.69) is 5.32 Å². The number of carbonyl (C=O) groups is 3. The first kappa shape index (κ1) is 19.7. The minimum atomic E-state index is -0.957. The predicted octanol–water partition coefficient (Wildman–Crippen LogP) is 3.55. The molecule has 2 heterocycles. The summed E-state index contributed by atoms with van der Waals surface area (Å²) in [5.74, 6) is -0.891. The molecule has 1 fully saturated rings. The standard InChI is InChI=1S/C22H19N3O4S/c23-20(26)18-19(29-22(28)25(18)13-14-6-2-1-3-7-14)15-8-4-9-16(12-15)24-21(27)17-10-5-11-30-17/h1-12,18-19H,13H2,(H2,23,26)(H,24,27)/t18-,19+/m1/s1. The van der Waals surface area contributed by atoms with Gasteiger partial charge in [0.15, 0.2) is 12.1 Å². The SMILES string of the molecule is NC(=O)[C@H]1[C@H](c2cccc(NC(=O)c3cccs3)c2)OC(=O)N1Cc1ccccc1. The smallest absolute Gasteiger partial charge is 0.411 e. The second kappa shape index (κ2) is 8.38. The summed E-state index contributed by atoms with van der Waals surface area (Å²) in [6.45, 7) is 0.207. The number of carbonyl (C=O) groups excluding carboxylic acids is 3. The van der Waals surface area contributed by atoms with Crippen molar-refractivity contribution in [2.75, 3.05) is 5.32 Å². The van der Waals surface area contributed by atoms with Gasteiger partial charge in [-0.1, -0.05) is 48.5 Å². The Balaban J connectivity index is 1.57. The summed E-state index contributed by atoms with van der Waals surface area (Å²) < 4.78 is 5.51. The molecule has 2 atom stereocenters. The highest BCUT2D eigenvalue weighted by molar-refractivity contribution is 7.12. The Hall–Kier alpha value is -3.65. The Kier molecular flexibility index (Phi) is 5.49. The van der Waals surface area contributed by atoms with E-state index in [1.165, 1.54) is 16.2 Å². The highest BCUT2D eigenvalue weighted by Gasteiger charge is 2.46. The van der Waals surface area contributed by atoms with Gasteiger partial charge >= 0.3 is 6.09 Å². The van der Waals surface area contributed by atoms with Crippen LogP contribution in [0.15, 0.2) is 72.1 Å². The molecular formula is C22H19N3O4S. The van der Waals surface area contributed by atoms with Gasteiger partial charge in [-0.15, -0.1) is 11.3 Å². The first-order chi connectivity index (χ1) is 14.5. The quantitative estimate of drug-likeness (QED) is 0.635. The van der Waals surface area contributed by atoms with Crippen molar-refractivity contribution >= 4 is 34.9 Å². The van der Waals surface area contributed by atoms with E-state index in [4.69, 9.17) is 10.5 Å². The van der Waals surface area contributed by atoms with Crippen LogP contribution >= 0.6 is 11.3 Å². The molecule has 1 aliphatic heterocycles. The van der Waals surface area contributed by atoms with E-state index >= 15 is 0 Å². The highest BCUT2D eigenvalue weighted by Crippen LogP contribution is 2.34. The Bertz CT molecular complexity index is 1070. The number of hydrogen-bond acceptors (Lipinski definition) is 5. The van der Waals surface area contributed by atoms with Crippen LogP contribution in [0.25, 0.3) is 0 Å². The van der Waals surface area contributed by atoms with Crippen molar-refractivity contribution in [2.45, 2.75) is 18.7 Å². The van der Waals surface area contributed by atoms with Gasteiger partial charge in [-0.25, -0.2) is 4.79 Å². The molecule has 1 aliphatic rings. The number of amides is 3. The van der Waals surface area contributed by atoms with Crippen LogP contribution in [0.2, 0.25) is 0 Å². The van der Waals surface area contributed by atoms with Crippen molar-refractivity contribution in [3.8, 4) is 0 Å². The molecule has 4 rings (SSSR count). The van der Waals surface area contributed by atoms with Crippen LogP contribution in [0, 0.1) is 0 Å². The van der Waals surface area contributed by atoms with Crippen LogP contribution in [0.1, 0.15) is 26.9 Å². The van der Waals surface area contributed by atoms with Crippen molar-refractivity contribution in [3.05, 3.63) is 88.1 Å². The number of cyclic esters (lactones) is 1. The Morgan fingerprint density at radius 3 is 2.57 bits per heavy atom. The monoisotopic (exact) mass is 421 g/mol. The zero-order chi connectivity index (χ0) is 21.1. The number of thiophene rings is 1. The average molecular weight is 421 g/mol. The van der Waals surface area contributed by atoms with E-state index in [0.29, 0.717) is 16.1 Å². The second-order valence-electron chi connectivity index (χ2n) is 6.82. The molecule has 0 unspecified atom stereocenters. The first-order valence-corrected chi connectivity index (χ1v) is 10.2. The first-order valence-electron chi connectivity index (χ1n) is 9.28. The van der Waals surface area contributed by atoms with Gasteiger partial charge < -0.3 is 15.8 Å². The van der Waals surface area contributed by atoms with Crippen LogP contribution < -0.4 is 11.1 Å². The molecule has 1 aromatic heterocycles. The van der Waals surface area contributed by atoms with Gasteiger partial charge in [-0.2, -0.15) is 0 Å². The fourth-order valence-electron chi connectivity index (χ4n) is 3.41. The normalized spacial score (nSPS) is 18.1. The average Bonchev–Trinajstić information content (AvgIpc) is 3.38. The second-order valence-corrected chi connectivity index (χ2v) is 7.77. The summed E-state index contributed by atoms with van der Waals surface area (Å²) in [6.07, 6.45) is -1.47. The number of nitrogens with two attached hydrogens (primary N) is 1. The Morgan fingerprint density at radius 2 is 1.87 bits per heavy atom. The lowest BCUT2D eigenvalue weighted by atomic mass is 10.0. The van der Waals surface area contributed by atoms with Gasteiger partial charge in [0.25, 0.3) is 5.91 Å². The van der Waals surface area contributed by atoms with Crippen LogP contribution in [-0.4, -0.2) is 28.8 Å². The summed E-state index contributed by atoms with van der Waals surface area (Å²) in [6, 6.07) is 18.8. The maximum Gasteiger partial charge on any atom is 0.411 e. The third-order valence-electron chi connectivity index (χ3n) is 4.79. The largest absolute Gasteiger partial charge is 0.438 e. The summed E-state index contributed by atoms with van der Waals surface area (Å²) in [5, 5.41) is 4.64. The molecule has 7 nitrogen and oxygen atoms in total. The maximum absolute atomic E-state index is 12.5. The molecule has 8 heteroatoms. The molecule has 0 bridgehead atoms. The molecule has 1 saturated heterocycles. The Labute approximate surface area is 177 Å². The molecule has 0 radical (unpaired) electrons. The number of hydrogen-bond donors (Lipinski definition) is 2. The van der Waals surface area contributed by atoms with E-state index in [0.717, 1.165) is 5.56 Å². The van der Waals surface area contributed by atoms with Crippen LogP contribution in [0.3, 0.4) is 0 Å². The topological polar surface area (TPSA) is 102 Å². The third-order valence-corrected chi connectivity index (χ3v) is 5.66. The lowest BCUT2D eigenvalue weighted by Crippen LogP contribution is -2.43.